The van der Waals surface area contributed by atoms with E-state index < -0.39 is 36.2 Å². The van der Waals surface area contributed by atoms with Crippen LogP contribution < -0.4 is 0 Å². The van der Waals surface area contributed by atoms with Crippen LogP contribution in [0.2, 0.25) is 0 Å². The summed E-state index contributed by atoms with van der Waals surface area (Å²) in [5.74, 6) is -0.493. The second kappa shape index (κ2) is 7.68. The highest BCUT2D eigenvalue weighted by atomic mass is 35.5. The van der Waals surface area contributed by atoms with Crippen molar-refractivity contribution in [1.29, 1.82) is 0 Å². The quantitative estimate of drug-likeness (QED) is 0.650. The van der Waals surface area contributed by atoms with E-state index in [2.05, 4.69) is 0 Å². The van der Waals surface area contributed by atoms with E-state index in [1.807, 2.05) is 0 Å². The molecule has 0 radical (unpaired) electrons. The average molecular weight is 435 g/mol. The monoisotopic (exact) mass is 434 g/mol. The van der Waals surface area contributed by atoms with E-state index in [0.717, 1.165) is 12.5 Å². The fraction of sp³-hybridized carbons (Fsp3) is 0.235. The summed E-state index contributed by atoms with van der Waals surface area (Å²) >= 11 is 12.4. The van der Waals surface area contributed by atoms with Gasteiger partial charge in [0.25, 0.3) is 0 Å². The molecule has 0 aliphatic carbocycles. The van der Waals surface area contributed by atoms with Gasteiger partial charge in [0.2, 0.25) is 0 Å². The van der Waals surface area contributed by atoms with Crippen molar-refractivity contribution in [1.82, 2.24) is 0 Å². The second-order valence-corrected chi connectivity index (χ2v) is 10.7. The van der Waals surface area contributed by atoms with Gasteiger partial charge in [0.05, 0.1) is 9.79 Å². The number of sulfone groups is 2. The molecule has 5 nitrogen and oxygen atoms in total. The van der Waals surface area contributed by atoms with E-state index in [1.54, 1.807) is 0 Å². The van der Waals surface area contributed by atoms with Gasteiger partial charge in [0.1, 0.15) is 10.8 Å². The van der Waals surface area contributed by atoms with Crippen molar-refractivity contribution in [2.45, 2.75) is 20.5 Å². The van der Waals surface area contributed by atoms with Crippen LogP contribution in [-0.4, -0.2) is 35.1 Å². The summed E-state index contributed by atoms with van der Waals surface area (Å²) in [5, 5.41) is -2.14. The first-order valence-corrected chi connectivity index (χ1v) is 12.0. The minimum atomic E-state index is -3.34. The van der Waals surface area contributed by atoms with Gasteiger partial charge in [-0.05, 0) is 35.4 Å². The summed E-state index contributed by atoms with van der Waals surface area (Å²) in [7, 11) is -6.69. The first kappa shape index (κ1) is 20.9. The molecule has 0 spiro atoms. The van der Waals surface area contributed by atoms with Crippen LogP contribution in [0.3, 0.4) is 0 Å². The lowest BCUT2D eigenvalue weighted by molar-refractivity contribution is -0.118. The molecule has 0 aliphatic heterocycles. The summed E-state index contributed by atoms with van der Waals surface area (Å²) in [6, 6.07) is 11.3. The predicted octanol–water partition coefficient (Wildman–Crippen LogP) is 3.32. The topological polar surface area (TPSA) is 85.3 Å². The fourth-order valence-corrected chi connectivity index (χ4v) is 4.09. The number of rotatable bonds is 6. The zero-order chi connectivity index (χ0) is 19.7. The maximum atomic E-state index is 12.5. The highest BCUT2D eigenvalue weighted by molar-refractivity contribution is 7.91. The van der Waals surface area contributed by atoms with Crippen LogP contribution in [0.4, 0.5) is 0 Å². The van der Waals surface area contributed by atoms with Crippen LogP contribution in [0, 0.1) is 0 Å². The molecule has 0 fully saturated rings. The SMILES string of the molecule is CS(=O)(=O)c1ccc(C(Cl)C(=O)C(Cl)c2ccc(S(C)(=O)=O)cc2)cc1. The smallest absolute Gasteiger partial charge is 0.177 e. The number of halogens is 2. The molecule has 0 heterocycles. The number of carbonyl (C=O) groups is 1. The minimum Gasteiger partial charge on any atom is -0.296 e. The standard InChI is InChI=1S/C17H16Cl2O5S2/c1-25(21,22)13-7-3-11(4-8-13)15(18)17(20)16(19)12-5-9-14(10-6-12)26(2,23)24/h3-10,15-16H,1-2H3. The molecule has 9 heteroatoms. The van der Waals surface area contributed by atoms with Gasteiger partial charge in [-0.2, -0.15) is 0 Å². The summed E-state index contributed by atoms with van der Waals surface area (Å²) in [4.78, 5) is 12.8. The van der Waals surface area contributed by atoms with Crippen molar-refractivity contribution in [2.75, 3.05) is 12.5 Å². The number of alkyl halides is 2. The summed E-state index contributed by atoms with van der Waals surface area (Å²) in [6.45, 7) is 0. The Hall–Kier alpha value is -1.41. The van der Waals surface area contributed by atoms with Gasteiger partial charge in [-0.1, -0.05) is 24.3 Å². The number of hydrogen-bond donors (Lipinski definition) is 0. The van der Waals surface area contributed by atoms with E-state index in [1.165, 1.54) is 48.5 Å². The molecule has 0 bridgehead atoms. The van der Waals surface area contributed by atoms with Gasteiger partial charge in [-0.25, -0.2) is 16.8 Å². The number of carbonyl (C=O) groups excluding carboxylic acids is 1. The highest BCUT2D eigenvalue weighted by Gasteiger charge is 2.27. The zero-order valence-corrected chi connectivity index (χ0v) is 17.0. The van der Waals surface area contributed by atoms with Crippen LogP contribution >= 0.6 is 23.2 Å². The fourth-order valence-electron chi connectivity index (χ4n) is 2.22. The van der Waals surface area contributed by atoms with Gasteiger partial charge in [-0.3, -0.25) is 4.79 Å². The average Bonchev–Trinajstić information content (AvgIpc) is 2.58. The van der Waals surface area contributed by atoms with E-state index in [0.29, 0.717) is 11.1 Å². The van der Waals surface area contributed by atoms with E-state index >= 15 is 0 Å². The molecule has 2 aromatic rings. The molecular formula is C17H16Cl2O5S2. The Morgan fingerprint density at radius 2 is 0.962 bits per heavy atom. The van der Waals surface area contributed by atoms with E-state index in [9.17, 15) is 21.6 Å². The van der Waals surface area contributed by atoms with Gasteiger partial charge >= 0.3 is 0 Å². The summed E-state index contributed by atoms with van der Waals surface area (Å²) < 4.78 is 45.9. The largest absolute Gasteiger partial charge is 0.296 e. The molecule has 0 aromatic heterocycles. The van der Waals surface area contributed by atoms with Crippen LogP contribution in [-0.2, 0) is 24.5 Å². The number of ketones is 1. The Morgan fingerprint density at radius 1 is 0.692 bits per heavy atom. The van der Waals surface area contributed by atoms with Crippen LogP contribution in [0.1, 0.15) is 21.9 Å². The molecule has 0 N–H and O–H groups in total. The molecule has 2 rings (SSSR count). The van der Waals surface area contributed by atoms with Crippen molar-refractivity contribution in [3.05, 3.63) is 59.7 Å². The zero-order valence-electron chi connectivity index (χ0n) is 13.9. The Balaban J connectivity index is 2.22. The van der Waals surface area contributed by atoms with Crippen LogP contribution in [0.15, 0.2) is 58.3 Å². The normalized spacial score (nSPS) is 14.6. The van der Waals surface area contributed by atoms with Crippen molar-refractivity contribution >= 4 is 48.7 Å². The maximum absolute atomic E-state index is 12.5. The lowest BCUT2D eigenvalue weighted by Gasteiger charge is -2.14. The first-order chi connectivity index (χ1) is 11.9. The Morgan fingerprint density at radius 3 is 1.19 bits per heavy atom. The van der Waals surface area contributed by atoms with Crippen molar-refractivity contribution in [3.63, 3.8) is 0 Å². The molecule has 0 aliphatic rings. The third kappa shape index (κ3) is 4.85. The minimum absolute atomic E-state index is 0.122. The summed E-state index contributed by atoms with van der Waals surface area (Å²) in [5.41, 5.74) is 0.838. The lowest BCUT2D eigenvalue weighted by atomic mass is 10.0. The van der Waals surface area contributed by atoms with Gasteiger partial charge in [0, 0.05) is 12.5 Å². The van der Waals surface area contributed by atoms with Crippen LogP contribution in [0.5, 0.6) is 0 Å². The van der Waals surface area contributed by atoms with Gasteiger partial charge < -0.3 is 0 Å². The second-order valence-electron chi connectivity index (χ2n) is 5.81. The highest BCUT2D eigenvalue weighted by Crippen LogP contribution is 2.33. The van der Waals surface area contributed by atoms with Crippen molar-refractivity contribution in [3.8, 4) is 0 Å². The maximum Gasteiger partial charge on any atom is 0.177 e. The third-order valence-electron chi connectivity index (χ3n) is 3.70. The number of Topliss-reactive ketones (excluding diaryl/α,β-unsaturated/α-hetero) is 1. The van der Waals surface area contributed by atoms with Crippen LogP contribution in [0.25, 0.3) is 0 Å². The Bertz CT molecular complexity index is 928. The van der Waals surface area contributed by atoms with Gasteiger partial charge in [0.15, 0.2) is 25.5 Å². The van der Waals surface area contributed by atoms with E-state index in [4.69, 9.17) is 23.2 Å². The first-order valence-electron chi connectivity index (χ1n) is 7.33. The molecule has 2 atom stereocenters. The number of hydrogen-bond acceptors (Lipinski definition) is 5. The molecule has 26 heavy (non-hydrogen) atoms. The Labute approximate surface area is 162 Å². The van der Waals surface area contributed by atoms with E-state index in [-0.39, 0.29) is 9.79 Å². The number of benzene rings is 2. The molecule has 2 aromatic carbocycles. The molecule has 140 valence electrons. The molecule has 2 unspecified atom stereocenters. The molecular weight excluding hydrogens is 419 g/mol. The molecule has 0 saturated heterocycles. The Kier molecular flexibility index (Phi) is 6.17. The van der Waals surface area contributed by atoms with Gasteiger partial charge in [-0.15, -0.1) is 23.2 Å². The van der Waals surface area contributed by atoms with Crippen molar-refractivity contribution < 1.29 is 21.6 Å². The summed E-state index contributed by atoms with van der Waals surface area (Å²) in [6.07, 6.45) is 2.17. The predicted molar refractivity (Wildman–Crippen MR) is 101 cm³/mol. The lowest BCUT2D eigenvalue weighted by Crippen LogP contribution is -2.13. The van der Waals surface area contributed by atoms with Crippen molar-refractivity contribution in [2.24, 2.45) is 0 Å². The molecule has 0 amide bonds. The molecule has 0 saturated carbocycles. The third-order valence-corrected chi connectivity index (χ3v) is 6.89.